The summed E-state index contributed by atoms with van der Waals surface area (Å²) < 4.78 is 1.83. The Morgan fingerprint density at radius 3 is 2.89 bits per heavy atom. The van der Waals surface area contributed by atoms with Crippen LogP contribution in [0.5, 0.6) is 0 Å². The normalized spacial score (nSPS) is 24.6. The molecule has 2 unspecified atom stereocenters. The molecule has 6 heteroatoms. The number of halogens is 1. The van der Waals surface area contributed by atoms with Crippen LogP contribution in [0.25, 0.3) is 11.0 Å². The van der Waals surface area contributed by atoms with E-state index < -0.39 is 0 Å². The zero-order valence-corrected chi connectivity index (χ0v) is 11.6. The maximum absolute atomic E-state index is 10.3. The van der Waals surface area contributed by atoms with Crippen LogP contribution in [0.4, 0.5) is 0 Å². The number of hydrogen-bond acceptors (Lipinski definition) is 4. The second-order valence-corrected chi connectivity index (χ2v) is 5.52. The SMILES string of the molecule is Cc1nc(Cl)c2cnn(C3CCCCCC3O)c2n1. The van der Waals surface area contributed by atoms with Gasteiger partial charge in [-0.2, -0.15) is 5.10 Å². The molecule has 0 bridgehead atoms. The number of fused-ring (bicyclic) bond motifs is 1. The summed E-state index contributed by atoms with van der Waals surface area (Å²) in [6.07, 6.45) is 6.44. The van der Waals surface area contributed by atoms with E-state index in [4.69, 9.17) is 11.6 Å². The topological polar surface area (TPSA) is 63.8 Å². The molecule has 102 valence electrons. The molecule has 0 radical (unpaired) electrons. The van der Waals surface area contributed by atoms with Crippen molar-refractivity contribution >= 4 is 22.6 Å². The lowest BCUT2D eigenvalue weighted by molar-refractivity contribution is 0.101. The highest BCUT2D eigenvalue weighted by molar-refractivity contribution is 6.33. The van der Waals surface area contributed by atoms with Crippen molar-refractivity contribution in [2.45, 2.75) is 51.2 Å². The van der Waals surface area contributed by atoms with Crippen LogP contribution in [0.3, 0.4) is 0 Å². The van der Waals surface area contributed by atoms with E-state index in [9.17, 15) is 5.11 Å². The molecule has 2 atom stereocenters. The first-order valence-corrected chi connectivity index (χ1v) is 7.10. The van der Waals surface area contributed by atoms with Gasteiger partial charge in [-0.05, 0) is 19.8 Å². The molecule has 5 nitrogen and oxygen atoms in total. The highest BCUT2D eigenvalue weighted by atomic mass is 35.5. The molecular weight excluding hydrogens is 264 g/mol. The van der Waals surface area contributed by atoms with Gasteiger partial charge in [-0.3, -0.25) is 0 Å². The van der Waals surface area contributed by atoms with E-state index in [1.54, 1.807) is 6.20 Å². The Morgan fingerprint density at radius 2 is 2.05 bits per heavy atom. The van der Waals surface area contributed by atoms with Crippen LogP contribution in [-0.4, -0.2) is 31.0 Å². The molecule has 19 heavy (non-hydrogen) atoms. The van der Waals surface area contributed by atoms with Gasteiger partial charge in [-0.25, -0.2) is 14.6 Å². The number of aliphatic hydroxyl groups excluding tert-OH is 1. The highest BCUT2D eigenvalue weighted by Crippen LogP contribution is 2.30. The Kier molecular flexibility index (Phi) is 3.41. The van der Waals surface area contributed by atoms with Crippen molar-refractivity contribution in [1.29, 1.82) is 0 Å². The van der Waals surface area contributed by atoms with Gasteiger partial charge >= 0.3 is 0 Å². The third-order valence-corrected chi connectivity index (χ3v) is 4.07. The van der Waals surface area contributed by atoms with E-state index in [-0.39, 0.29) is 12.1 Å². The van der Waals surface area contributed by atoms with Crippen LogP contribution in [0.1, 0.15) is 44.0 Å². The van der Waals surface area contributed by atoms with E-state index in [2.05, 4.69) is 15.1 Å². The highest BCUT2D eigenvalue weighted by Gasteiger charge is 2.26. The summed E-state index contributed by atoms with van der Waals surface area (Å²) in [6.45, 7) is 1.81. The molecular formula is C13H17ClN4O. The molecule has 1 fully saturated rings. The van der Waals surface area contributed by atoms with Crippen LogP contribution in [0, 0.1) is 6.92 Å². The molecule has 1 aliphatic rings. The van der Waals surface area contributed by atoms with Gasteiger partial charge in [0.1, 0.15) is 11.0 Å². The number of hydrogen-bond donors (Lipinski definition) is 1. The molecule has 1 N–H and O–H groups in total. The second kappa shape index (κ2) is 5.06. The third-order valence-electron chi connectivity index (χ3n) is 3.78. The van der Waals surface area contributed by atoms with Crippen molar-refractivity contribution < 1.29 is 5.11 Å². The van der Waals surface area contributed by atoms with Gasteiger partial charge in [0, 0.05) is 0 Å². The van der Waals surface area contributed by atoms with Crippen LogP contribution in [-0.2, 0) is 0 Å². The van der Waals surface area contributed by atoms with Crippen molar-refractivity contribution in [1.82, 2.24) is 19.7 Å². The summed E-state index contributed by atoms with van der Waals surface area (Å²) in [5, 5.41) is 15.8. The third kappa shape index (κ3) is 2.32. The molecule has 0 aromatic carbocycles. The monoisotopic (exact) mass is 280 g/mol. The summed E-state index contributed by atoms with van der Waals surface area (Å²) in [7, 11) is 0. The van der Waals surface area contributed by atoms with E-state index in [0.717, 1.165) is 36.7 Å². The zero-order chi connectivity index (χ0) is 13.4. The van der Waals surface area contributed by atoms with Crippen molar-refractivity contribution in [3.8, 4) is 0 Å². The van der Waals surface area contributed by atoms with Crippen LogP contribution in [0.2, 0.25) is 5.15 Å². The Bertz CT molecular complexity index is 598. The average Bonchev–Trinajstić information content (AvgIpc) is 2.66. The summed E-state index contributed by atoms with van der Waals surface area (Å²) in [5.41, 5.74) is 0.725. The summed E-state index contributed by atoms with van der Waals surface area (Å²) >= 11 is 6.12. The van der Waals surface area contributed by atoms with Gasteiger partial charge in [-0.1, -0.05) is 30.9 Å². The second-order valence-electron chi connectivity index (χ2n) is 5.16. The molecule has 0 saturated heterocycles. The van der Waals surface area contributed by atoms with Crippen molar-refractivity contribution in [3.63, 3.8) is 0 Å². The molecule has 2 heterocycles. The fraction of sp³-hybridized carbons (Fsp3) is 0.615. The summed E-state index contributed by atoms with van der Waals surface area (Å²) in [4.78, 5) is 8.57. The van der Waals surface area contributed by atoms with E-state index >= 15 is 0 Å². The zero-order valence-electron chi connectivity index (χ0n) is 10.9. The maximum atomic E-state index is 10.3. The molecule has 0 spiro atoms. The molecule has 3 rings (SSSR count). The standard InChI is InChI=1S/C13H17ClN4O/c1-8-16-12(14)9-7-15-18(13(9)17-8)10-5-3-2-4-6-11(10)19/h7,10-11,19H,2-6H2,1H3. The fourth-order valence-corrected chi connectivity index (χ4v) is 3.05. The van der Waals surface area contributed by atoms with Crippen molar-refractivity contribution in [2.75, 3.05) is 0 Å². The van der Waals surface area contributed by atoms with Gasteiger partial charge in [0.25, 0.3) is 0 Å². The lowest BCUT2D eigenvalue weighted by atomic mass is 10.1. The predicted molar refractivity (Wildman–Crippen MR) is 73.2 cm³/mol. The number of nitrogens with zero attached hydrogens (tertiary/aromatic N) is 4. The minimum absolute atomic E-state index is 0.00892. The minimum Gasteiger partial charge on any atom is -0.391 e. The lowest BCUT2D eigenvalue weighted by Gasteiger charge is -2.21. The van der Waals surface area contributed by atoms with Crippen LogP contribution < -0.4 is 0 Å². The van der Waals surface area contributed by atoms with Crippen LogP contribution in [0.15, 0.2) is 6.20 Å². The number of rotatable bonds is 1. The summed E-state index contributed by atoms with van der Waals surface area (Å²) in [5.74, 6) is 0.627. The molecule has 2 aromatic heterocycles. The largest absolute Gasteiger partial charge is 0.391 e. The molecule has 0 amide bonds. The summed E-state index contributed by atoms with van der Waals surface area (Å²) in [6, 6.07) is -0.00892. The molecule has 1 saturated carbocycles. The Hall–Kier alpha value is -1.20. The number of aromatic nitrogens is 4. The first kappa shape index (κ1) is 12.8. The average molecular weight is 281 g/mol. The Morgan fingerprint density at radius 1 is 1.26 bits per heavy atom. The van der Waals surface area contributed by atoms with Gasteiger partial charge in [0.05, 0.1) is 23.7 Å². The Labute approximate surface area is 116 Å². The Balaban J connectivity index is 2.09. The van der Waals surface area contributed by atoms with Crippen molar-refractivity contribution in [2.24, 2.45) is 0 Å². The number of aryl methyl sites for hydroxylation is 1. The molecule has 2 aromatic rings. The fourth-order valence-electron chi connectivity index (χ4n) is 2.79. The predicted octanol–water partition coefficient (Wildman–Crippen LogP) is 2.65. The van der Waals surface area contributed by atoms with Gasteiger partial charge in [0.15, 0.2) is 5.65 Å². The quantitative estimate of drug-likeness (QED) is 0.644. The minimum atomic E-state index is -0.361. The van der Waals surface area contributed by atoms with Crippen molar-refractivity contribution in [3.05, 3.63) is 17.2 Å². The van der Waals surface area contributed by atoms with E-state index in [1.165, 1.54) is 6.42 Å². The van der Waals surface area contributed by atoms with Gasteiger partial charge < -0.3 is 5.11 Å². The molecule has 1 aliphatic carbocycles. The lowest BCUT2D eigenvalue weighted by Crippen LogP contribution is -2.24. The maximum Gasteiger partial charge on any atom is 0.163 e. The van der Waals surface area contributed by atoms with Crippen LogP contribution >= 0.6 is 11.6 Å². The molecule has 0 aliphatic heterocycles. The smallest absolute Gasteiger partial charge is 0.163 e. The van der Waals surface area contributed by atoms with E-state index in [1.807, 2.05) is 11.6 Å². The van der Waals surface area contributed by atoms with E-state index in [0.29, 0.717) is 11.0 Å². The van der Waals surface area contributed by atoms with Gasteiger partial charge in [-0.15, -0.1) is 0 Å². The van der Waals surface area contributed by atoms with Gasteiger partial charge in [0.2, 0.25) is 0 Å². The first-order chi connectivity index (χ1) is 9.16. The first-order valence-electron chi connectivity index (χ1n) is 6.72. The number of aliphatic hydroxyl groups is 1.